The second-order valence-corrected chi connectivity index (χ2v) is 13.1. The van der Waals surface area contributed by atoms with Crippen LogP contribution in [0, 0.1) is 0 Å². The number of anilines is 3. The van der Waals surface area contributed by atoms with Crippen molar-refractivity contribution in [1.82, 2.24) is 4.90 Å². The zero-order chi connectivity index (χ0) is 39.7. The van der Waals surface area contributed by atoms with Crippen LogP contribution in [0.2, 0.25) is 0 Å². The smallest absolute Gasteiger partial charge is 0.870 e. The number of phenolic OH excluding ortho intramolecular Hbond substituents is 2. The van der Waals surface area contributed by atoms with Crippen LogP contribution in [0.25, 0.3) is 0 Å². The fourth-order valence-corrected chi connectivity index (χ4v) is 3.86. The summed E-state index contributed by atoms with van der Waals surface area (Å²) in [5.41, 5.74) is 7.21. The zero-order valence-corrected chi connectivity index (χ0v) is 35.5. The van der Waals surface area contributed by atoms with Gasteiger partial charge in [0.15, 0.2) is 5.75 Å². The van der Waals surface area contributed by atoms with Gasteiger partial charge in [0, 0.05) is 44.1 Å². The summed E-state index contributed by atoms with van der Waals surface area (Å²) in [6, 6.07) is 21.0. The van der Waals surface area contributed by atoms with Gasteiger partial charge in [0.05, 0.1) is 50.5 Å². The molecule has 0 fully saturated rings. The van der Waals surface area contributed by atoms with Crippen molar-refractivity contribution in [2.24, 2.45) is 0 Å². The first kappa shape index (κ1) is 68.5. The number of halogens is 3. The Bertz CT molecular complexity index is 1440. The fraction of sp³-hybridized carbons (Fsp3) is 0.447. The number of hydrogen-bond donors (Lipinski definition) is 5. The van der Waals surface area contributed by atoms with E-state index in [2.05, 4.69) is 83.1 Å². The standard InChI is InChI=1S/C10H13NO3.C9H9NO2.C6H7NO.C6H15N.C4H7BrO2.3CH4.Cl2OS.Li.H2O.3H2/c1-14-10(13)6-7-11-8-4-2-3-5-9(8)12;11-9-5-6-10-7-3-1-2-4-8(7)12-9;7-5-3-1-2-4-6(5)8;1-4-7(5-2)6-3;1-7-4(6)2-3-5;;;;1-4(2)3;;;;;/h2-5,11-12H,6-7H2,1H3;1-4,10H,5-6H2;1-4,8H,7H2;4-6H2,1-3H3;2-3H2,1H3;3*1H4;;;1H2;3*1H/q;;;;;;;;;+1;;;;/p-1/i;;;;;;;;;;;3*1+1. The van der Waals surface area contributed by atoms with E-state index in [1.807, 2.05) is 18.2 Å². The van der Waals surface area contributed by atoms with Crippen LogP contribution >= 0.6 is 37.3 Å². The molecule has 57 heavy (non-hydrogen) atoms. The number of aromatic hydroxyl groups is 2. The zero-order valence-electron chi connectivity index (χ0n) is 31.6. The summed E-state index contributed by atoms with van der Waals surface area (Å²) in [4.78, 5) is 34.3. The van der Waals surface area contributed by atoms with E-state index in [1.54, 1.807) is 54.6 Å². The molecule has 3 aromatic rings. The molecule has 0 radical (unpaired) electrons. The summed E-state index contributed by atoms with van der Waals surface area (Å²) in [6.07, 6.45) is 1.16. The number of para-hydroxylation sites is 6. The number of methoxy groups -OCH3 is 2. The second-order valence-electron chi connectivity index (χ2n) is 9.79. The monoisotopic (exact) mass is 933 g/mol. The number of carbonyl (C=O) groups is 3. The van der Waals surface area contributed by atoms with Crippen LogP contribution in [0.4, 0.5) is 17.1 Å². The Morgan fingerprint density at radius 1 is 0.895 bits per heavy atom. The molecule has 0 aliphatic carbocycles. The van der Waals surface area contributed by atoms with Gasteiger partial charge in [-0.1, -0.05) is 95.4 Å². The molecule has 0 saturated heterocycles. The Morgan fingerprint density at radius 2 is 1.35 bits per heavy atom. The molecule has 0 saturated carbocycles. The van der Waals surface area contributed by atoms with Crippen molar-refractivity contribution in [3.8, 4) is 17.2 Å². The topological polar surface area (TPSA) is 220 Å². The van der Waals surface area contributed by atoms with Gasteiger partial charge in [-0.05, 0) is 56.0 Å². The molecular weight excluding hydrogens is 862 g/mol. The van der Waals surface area contributed by atoms with Gasteiger partial charge >= 0.3 is 36.8 Å². The predicted molar refractivity (Wildman–Crippen MR) is 243 cm³/mol. The summed E-state index contributed by atoms with van der Waals surface area (Å²) < 4.78 is 22.9. The SMILES string of the molecule is C.C.C.CCN(CC)CC.COC(=O)CCBr.COC(=O)CCNc1ccccc1O.Nc1ccccc1O.O=C1CCNc2ccccc2O1.O=S(Cl)Cl.[2HH].[2HH].[2HH].[Li+].[OH-]. The Hall–Kier alpha value is -3.20. The van der Waals surface area contributed by atoms with Crippen molar-refractivity contribution in [2.75, 3.05) is 68.6 Å². The third-order valence-corrected chi connectivity index (χ3v) is 6.73. The van der Waals surface area contributed by atoms with Gasteiger partial charge in [-0.15, -0.1) is 0 Å². The van der Waals surface area contributed by atoms with E-state index in [1.165, 1.54) is 33.9 Å². The van der Waals surface area contributed by atoms with E-state index >= 15 is 0 Å². The average Bonchev–Trinajstić information content (AvgIpc) is 3.32. The van der Waals surface area contributed by atoms with Gasteiger partial charge in [0.25, 0.3) is 0 Å². The molecular formula is C38H70BrCl2LiN4O10S. The van der Waals surface area contributed by atoms with E-state index in [0.29, 0.717) is 48.4 Å². The van der Waals surface area contributed by atoms with E-state index < -0.39 is 9.23 Å². The van der Waals surface area contributed by atoms with E-state index in [-0.39, 0.29) is 86.7 Å². The molecule has 1 aliphatic rings. The number of nitrogen functional groups attached to an aromatic ring is 1. The number of nitrogens with two attached hydrogens (primary N) is 1. The van der Waals surface area contributed by atoms with Crippen LogP contribution < -0.4 is 40.0 Å². The van der Waals surface area contributed by atoms with Crippen LogP contribution in [0.3, 0.4) is 0 Å². The summed E-state index contributed by atoms with van der Waals surface area (Å²) in [7, 11) is 10.1. The second kappa shape index (κ2) is 45.5. The normalized spacial score (nSPS) is 9.75. The molecule has 330 valence electrons. The van der Waals surface area contributed by atoms with Gasteiger partial charge in [-0.2, -0.15) is 0 Å². The Balaban J connectivity index is -0.0000000631. The van der Waals surface area contributed by atoms with Gasteiger partial charge in [-0.3, -0.25) is 14.4 Å². The van der Waals surface area contributed by atoms with E-state index in [4.69, 9.17) is 19.8 Å². The number of esters is 3. The molecule has 14 nitrogen and oxygen atoms in total. The van der Waals surface area contributed by atoms with Crippen molar-refractivity contribution < 1.29 is 71.6 Å². The van der Waals surface area contributed by atoms with Crippen LogP contribution in [0.5, 0.6) is 17.2 Å². The molecule has 0 amide bonds. The van der Waals surface area contributed by atoms with Crippen molar-refractivity contribution in [2.45, 2.75) is 62.3 Å². The van der Waals surface area contributed by atoms with Crippen LogP contribution in [0.15, 0.2) is 72.8 Å². The first-order chi connectivity index (χ1) is 24.8. The Labute approximate surface area is 377 Å². The number of ether oxygens (including phenoxy) is 3. The fourth-order valence-electron chi connectivity index (χ4n) is 3.54. The number of alkyl halides is 1. The number of fused-ring (bicyclic) bond motifs is 1. The maximum atomic E-state index is 11.0. The van der Waals surface area contributed by atoms with Crippen LogP contribution in [-0.2, 0) is 33.1 Å². The van der Waals surface area contributed by atoms with Gasteiger partial charge in [0.2, 0.25) is 9.23 Å². The number of nitrogens with zero attached hydrogens (tertiary/aromatic N) is 1. The van der Waals surface area contributed by atoms with Crippen molar-refractivity contribution in [3.05, 3.63) is 72.8 Å². The third-order valence-electron chi connectivity index (χ3n) is 6.34. The maximum Gasteiger partial charge on any atom is 1.00 e. The van der Waals surface area contributed by atoms with Crippen LogP contribution in [-0.4, -0.2) is 95.0 Å². The minimum atomic E-state index is -1.67. The summed E-state index contributed by atoms with van der Waals surface area (Å²) in [5, 5.41) is 24.9. The first-order valence-corrected chi connectivity index (χ1v) is 20.0. The summed E-state index contributed by atoms with van der Waals surface area (Å²) in [6.45, 7) is 11.2. The van der Waals surface area contributed by atoms with Crippen molar-refractivity contribution >= 4 is 81.5 Å². The number of benzene rings is 3. The van der Waals surface area contributed by atoms with E-state index in [9.17, 15) is 19.5 Å². The number of carbonyl (C=O) groups excluding carboxylic acids is 3. The molecule has 0 spiro atoms. The van der Waals surface area contributed by atoms with E-state index in [0.717, 1.165) is 5.69 Å². The van der Waals surface area contributed by atoms with Gasteiger partial charge in [0.1, 0.15) is 11.5 Å². The Morgan fingerprint density at radius 3 is 1.75 bits per heavy atom. The number of hydrogen-bond acceptors (Lipinski definition) is 14. The Kier molecular flexibility index (Phi) is 54.7. The molecule has 0 atom stereocenters. The van der Waals surface area contributed by atoms with Crippen molar-refractivity contribution in [1.29, 1.82) is 0 Å². The maximum absolute atomic E-state index is 11.0. The number of rotatable bonds is 9. The van der Waals surface area contributed by atoms with Gasteiger partial charge in [-0.25, -0.2) is 4.21 Å². The largest absolute Gasteiger partial charge is 1.00 e. The van der Waals surface area contributed by atoms with Crippen molar-refractivity contribution in [3.63, 3.8) is 0 Å². The van der Waals surface area contributed by atoms with Gasteiger partial charge < -0.3 is 51.2 Å². The molecule has 4 rings (SSSR count). The average molecular weight is 936 g/mol. The number of phenols is 2. The molecule has 1 heterocycles. The number of nitrogens with one attached hydrogen (secondary N) is 2. The third kappa shape index (κ3) is 39.4. The minimum Gasteiger partial charge on any atom is -0.870 e. The quantitative estimate of drug-likeness (QED) is 0.0292. The molecule has 0 unspecified atom stereocenters. The minimum absolute atomic E-state index is 0. The first-order valence-electron chi connectivity index (χ1n) is 16.0. The molecule has 0 bridgehead atoms. The molecule has 19 heteroatoms. The molecule has 3 aromatic carbocycles. The summed E-state index contributed by atoms with van der Waals surface area (Å²) in [5.74, 6) is 0.335. The molecule has 0 aromatic heterocycles. The van der Waals surface area contributed by atoms with Crippen LogP contribution in [0.1, 0.15) is 66.6 Å². The summed E-state index contributed by atoms with van der Waals surface area (Å²) >= 11 is 3.09. The molecule has 7 N–H and O–H groups in total. The predicted octanol–water partition coefficient (Wildman–Crippen LogP) is 6.56. The molecule has 1 aliphatic heterocycles.